The third-order valence-electron chi connectivity index (χ3n) is 3.46. The maximum atomic E-state index is 10.1. The van der Waals surface area contributed by atoms with Crippen molar-refractivity contribution >= 4 is 11.9 Å². The summed E-state index contributed by atoms with van der Waals surface area (Å²) in [4.78, 5) is 17.3. The highest BCUT2D eigenvalue weighted by Gasteiger charge is 2.41. The number of hydrogen-bond acceptors (Lipinski definition) is 6. The van der Waals surface area contributed by atoms with Gasteiger partial charge in [-0.2, -0.15) is 15.0 Å². The Kier molecular flexibility index (Phi) is 3.62. The molecule has 6 heteroatoms. The summed E-state index contributed by atoms with van der Waals surface area (Å²) in [5.41, 5.74) is -0.580. The van der Waals surface area contributed by atoms with Gasteiger partial charge < -0.3 is 14.9 Å². The van der Waals surface area contributed by atoms with Gasteiger partial charge in [0.15, 0.2) is 0 Å². The van der Waals surface area contributed by atoms with Crippen molar-refractivity contribution in [3.63, 3.8) is 0 Å². The molecule has 2 heterocycles. The third kappa shape index (κ3) is 2.78. The van der Waals surface area contributed by atoms with Crippen molar-refractivity contribution in [1.82, 2.24) is 15.0 Å². The fraction of sp³-hybridized carbons (Fsp3) is 0.769. The van der Waals surface area contributed by atoms with E-state index in [2.05, 4.69) is 28.8 Å². The van der Waals surface area contributed by atoms with E-state index in [1.807, 2.05) is 30.8 Å². The fourth-order valence-electron chi connectivity index (χ4n) is 2.00. The predicted octanol–water partition coefficient (Wildman–Crippen LogP) is 1.02. The molecule has 0 bridgehead atoms. The van der Waals surface area contributed by atoms with Gasteiger partial charge in [-0.1, -0.05) is 20.8 Å². The van der Waals surface area contributed by atoms with Crippen molar-refractivity contribution in [3.05, 3.63) is 5.82 Å². The summed E-state index contributed by atoms with van der Waals surface area (Å²) in [6.45, 7) is 7.32. The molecule has 1 aliphatic rings. The van der Waals surface area contributed by atoms with Crippen LogP contribution < -0.4 is 9.80 Å². The summed E-state index contributed by atoms with van der Waals surface area (Å²) in [6, 6.07) is 0. The SMILES string of the molecule is CCC1(O)CN(c2nc(C(C)C)nc(N(C)C)n2)C1. The van der Waals surface area contributed by atoms with E-state index >= 15 is 0 Å². The summed E-state index contributed by atoms with van der Waals surface area (Å²) in [5.74, 6) is 2.38. The van der Waals surface area contributed by atoms with Gasteiger partial charge in [-0.15, -0.1) is 0 Å². The number of aromatic nitrogens is 3. The topological polar surface area (TPSA) is 65.4 Å². The lowest BCUT2D eigenvalue weighted by molar-refractivity contribution is 0.00751. The third-order valence-corrected chi connectivity index (χ3v) is 3.46. The second kappa shape index (κ2) is 4.92. The average Bonchev–Trinajstić information content (AvgIpc) is 2.34. The smallest absolute Gasteiger partial charge is 0.230 e. The molecule has 1 aliphatic heterocycles. The Morgan fingerprint density at radius 1 is 1.26 bits per heavy atom. The van der Waals surface area contributed by atoms with Gasteiger partial charge in [-0.05, 0) is 6.42 Å². The minimum Gasteiger partial charge on any atom is -0.386 e. The van der Waals surface area contributed by atoms with Crippen LogP contribution in [0.3, 0.4) is 0 Å². The minimum atomic E-state index is -0.580. The molecule has 0 radical (unpaired) electrons. The first-order chi connectivity index (χ1) is 8.84. The van der Waals surface area contributed by atoms with Crippen molar-refractivity contribution in [2.75, 3.05) is 37.0 Å². The van der Waals surface area contributed by atoms with E-state index in [1.54, 1.807) is 0 Å². The van der Waals surface area contributed by atoms with Crippen LogP contribution in [-0.4, -0.2) is 52.8 Å². The van der Waals surface area contributed by atoms with Crippen LogP contribution in [-0.2, 0) is 0 Å². The average molecular weight is 265 g/mol. The van der Waals surface area contributed by atoms with Crippen molar-refractivity contribution in [1.29, 1.82) is 0 Å². The lowest BCUT2D eigenvalue weighted by Gasteiger charge is -2.46. The van der Waals surface area contributed by atoms with Gasteiger partial charge in [0, 0.05) is 20.0 Å². The van der Waals surface area contributed by atoms with E-state index in [0.29, 0.717) is 25.0 Å². The summed E-state index contributed by atoms with van der Waals surface area (Å²) < 4.78 is 0. The van der Waals surface area contributed by atoms with Crippen molar-refractivity contribution in [3.8, 4) is 0 Å². The summed E-state index contributed by atoms with van der Waals surface area (Å²) in [6.07, 6.45) is 0.756. The van der Waals surface area contributed by atoms with Crippen LogP contribution in [0.15, 0.2) is 0 Å². The summed E-state index contributed by atoms with van der Waals surface area (Å²) in [5, 5.41) is 10.1. The molecule has 1 aromatic rings. The Balaban J connectivity index is 2.26. The van der Waals surface area contributed by atoms with E-state index < -0.39 is 5.60 Å². The maximum absolute atomic E-state index is 10.1. The van der Waals surface area contributed by atoms with Gasteiger partial charge in [-0.25, -0.2) is 0 Å². The van der Waals surface area contributed by atoms with E-state index in [0.717, 1.165) is 12.2 Å². The molecule has 1 saturated heterocycles. The number of hydrogen-bond donors (Lipinski definition) is 1. The highest BCUT2D eigenvalue weighted by atomic mass is 16.3. The zero-order valence-electron chi connectivity index (χ0n) is 12.4. The first-order valence-corrected chi connectivity index (χ1v) is 6.75. The number of aliphatic hydroxyl groups is 1. The normalized spacial score (nSPS) is 17.5. The van der Waals surface area contributed by atoms with E-state index in [-0.39, 0.29) is 5.92 Å². The van der Waals surface area contributed by atoms with Crippen LogP contribution in [0.5, 0.6) is 0 Å². The first kappa shape index (κ1) is 14.0. The summed E-state index contributed by atoms with van der Waals surface area (Å²) >= 11 is 0. The van der Waals surface area contributed by atoms with Crippen molar-refractivity contribution in [2.45, 2.75) is 38.7 Å². The zero-order valence-corrected chi connectivity index (χ0v) is 12.4. The quantitative estimate of drug-likeness (QED) is 0.877. The molecule has 106 valence electrons. The zero-order chi connectivity index (χ0) is 14.2. The molecule has 1 aromatic heterocycles. The molecule has 1 fully saturated rings. The number of nitrogens with zero attached hydrogens (tertiary/aromatic N) is 5. The van der Waals surface area contributed by atoms with Crippen molar-refractivity contribution in [2.24, 2.45) is 0 Å². The van der Waals surface area contributed by atoms with E-state index in [9.17, 15) is 5.11 Å². The lowest BCUT2D eigenvalue weighted by Crippen LogP contribution is -2.62. The maximum Gasteiger partial charge on any atom is 0.230 e. The van der Waals surface area contributed by atoms with Gasteiger partial charge in [-0.3, -0.25) is 0 Å². The molecule has 0 saturated carbocycles. The second-order valence-corrected chi connectivity index (χ2v) is 5.78. The number of anilines is 2. The lowest BCUT2D eigenvalue weighted by atomic mass is 9.92. The molecule has 2 rings (SSSR count). The molecular formula is C13H23N5O. The fourth-order valence-corrected chi connectivity index (χ4v) is 2.00. The largest absolute Gasteiger partial charge is 0.386 e. The Bertz CT molecular complexity index is 428. The highest BCUT2D eigenvalue weighted by Crippen LogP contribution is 2.28. The molecule has 0 atom stereocenters. The molecule has 1 N–H and O–H groups in total. The highest BCUT2D eigenvalue weighted by molar-refractivity contribution is 5.42. The van der Waals surface area contributed by atoms with Crippen LogP contribution in [0.4, 0.5) is 11.9 Å². The molecule has 0 unspecified atom stereocenters. The van der Waals surface area contributed by atoms with E-state index in [4.69, 9.17) is 0 Å². The summed E-state index contributed by atoms with van der Waals surface area (Å²) in [7, 11) is 3.84. The monoisotopic (exact) mass is 265 g/mol. The molecule has 19 heavy (non-hydrogen) atoms. The minimum absolute atomic E-state index is 0.256. The molecule has 0 aliphatic carbocycles. The van der Waals surface area contributed by atoms with Crippen molar-refractivity contribution < 1.29 is 5.11 Å². The van der Waals surface area contributed by atoms with Crippen LogP contribution >= 0.6 is 0 Å². The van der Waals surface area contributed by atoms with Gasteiger partial charge in [0.05, 0.1) is 18.7 Å². The Labute approximate surface area is 114 Å². The molecule has 6 nitrogen and oxygen atoms in total. The predicted molar refractivity (Wildman–Crippen MR) is 75.7 cm³/mol. The van der Waals surface area contributed by atoms with Crippen LogP contribution in [0.2, 0.25) is 0 Å². The standard InChI is InChI=1S/C13H23N5O/c1-6-13(19)7-18(8-13)12-15-10(9(2)3)14-11(16-12)17(4)5/h9,19H,6-8H2,1-5H3. The van der Waals surface area contributed by atoms with Crippen LogP contribution in [0.25, 0.3) is 0 Å². The van der Waals surface area contributed by atoms with Gasteiger partial charge in [0.1, 0.15) is 5.82 Å². The molecule has 0 aromatic carbocycles. The van der Waals surface area contributed by atoms with E-state index in [1.165, 1.54) is 0 Å². The molecular weight excluding hydrogens is 242 g/mol. The van der Waals surface area contributed by atoms with Gasteiger partial charge >= 0.3 is 0 Å². The first-order valence-electron chi connectivity index (χ1n) is 6.75. The Morgan fingerprint density at radius 3 is 2.37 bits per heavy atom. The van der Waals surface area contributed by atoms with Gasteiger partial charge in [0.25, 0.3) is 0 Å². The number of rotatable bonds is 4. The number of β-amino-alcohol motifs (C(OH)–C–C–N with tert-alkyl or cyclic N) is 1. The molecule has 0 spiro atoms. The second-order valence-electron chi connectivity index (χ2n) is 5.78. The van der Waals surface area contributed by atoms with Crippen LogP contribution in [0, 0.1) is 0 Å². The molecule has 0 amide bonds. The Morgan fingerprint density at radius 2 is 1.89 bits per heavy atom. The Hall–Kier alpha value is -1.43. The van der Waals surface area contributed by atoms with Crippen LogP contribution in [0.1, 0.15) is 38.9 Å². The van der Waals surface area contributed by atoms with Gasteiger partial charge in [0.2, 0.25) is 11.9 Å².